The highest BCUT2D eigenvalue weighted by atomic mass is 32.2. The number of hydrogen-bond acceptors (Lipinski definition) is 9. The van der Waals surface area contributed by atoms with Crippen LogP contribution in [0.25, 0.3) is 12.2 Å². The van der Waals surface area contributed by atoms with Crippen LogP contribution in [0, 0.1) is 0 Å². The molecule has 2 N–H and O–H groups in total. The van der Waals surface area contributed by atoms with Crippen LogP contribution in [-0.2, 0) is 14.9 Å². The molecule has 1 aromatic heterocycles. The number of nitrogens with zero attached hydrogens (tertiary/aromatic N) is 6. The highest BCUT2D eigenvalue weighted by Gasteiger charge is 2.31. The Morgan fingerprint density at radius 2 is 1.51 bits per heavy atom. The summed E-state index contributed by atoms with van der Waals surface area (Å²) in [6, 6.07) is 7.71. The molecular weight excluding hydrogens is 470 g/mol. The first-order valence-corrected chi connectivity index (χ1v) is 12.9. The lowest BCUT2D eigenvalue weighted by Gasteiger charge is -2.37. The number of ether oxygens (including phenoxy) is 2. The Kier molecular flexibility index (Phi) is 7.75. The molecule has 2 aliphatic heterocycles. The molecule has 190 valence electrons. The SMILES string of the molecule is COc1ccc(/C=C/c2nc(N3CCOCC3)c(N)c(N3CCN(S(=O)(=O)N(C)C)CC3)n2)cc1. The molecule has 35 heavy (non-hydrogen) atoms. The van der Waals surface area contributed by atoms with Gasteiger partial charge in [-0.1, -0.05) is 18.2 Å². The van der Waals surface area contributed by atoms with Crippen molar-refractivity contribution in [2.75, 3.05) is 89.2 Å². The number of aromatic nitrogens is 2. The first kappa shape index (κ1) is 25.2. The monoisotopic (exact) mass is 503 g/mol. The number of nitrogen functional groups attached to an aromatic ring is 1. The van der Waals surface area contributed by atoms with E-state index in [1.54, 1.807) is 21.2 Å². The summed E-state index contributed by atoms with van der Waals surface area (Å²) in [6.45, 7) is 4.28. The van der Waals surface area contributed by atoms with E-state index in [9.17, 15) is 8.42 Å². The molecule has 12 heteroatoms. The van der Waals surface area contributed by atoms with E-state index in [2.05, 4.69) is 4.90 Å². The minimum Gasteiger partial charge on any atom is -0.497 e. The highest BCUT2D eigenvalue weighted by molar-refractivity contribution is 7.86. The van der Waals surface area contributed by atoms with Gasteiger partial charge in [0.25, 0.3) is 10.2 Å². The molecule has 2 saturated heterocycles. The third-order valence-corrected chi connectivity index (χ3v) is 8.04. The van der Waals surface area contributed by atoms with Crippen molar-refractivity contribution in [1.29, 1.82) is 0 Å². The molecule has 0 bridgehead atoms. The van der Waals surface area contributed by atoms with Crippen molar-refractivity contribution < 1.29 is 17.9 Å². The van der Waals surface area contributed by atoms with Gasteiger partial charge in [-0.15, -0.1) is 0 Å². The van der Waals surface area contributed by atoms with Crippen molar-refractivity contribution in [3.05, 3.63) is 35.7 Å². The maximum atomic E-state index is 12.5. The van der Waals surface area contributed by atoms with Crippen LogP contribution in [0.15, 0.2) is 24.3 Å². The summed E-state index contributed by atoms with van der Waals surface area (Å²) in [4.78, 5) is 13.7. The number of piperazine rings is 1. The smallest absolute Gasteiger partial charge is 0.281 e. The molecule has 0 aliphatic carbocycles. The lowest BCUT2D eigenvalue weighted by Crippen LogP contribution is -2.52. The summed E-state index contributed by atoms with van der Waals surface area (Å²) < 4.78 is 38.5. The van der Waals surface area contributed by atoms with Gasteiger partial charge in [0, 0.05) is 53.4 Å². The van der Waals surface area contributed by atoms with Crippen LogP contribution in [-0.4, -0.2) is 101 Å². The second-order valence-corrected chi connectivity index (χ2v) is 10.7. The second-order valence-electron chi connectivity index (χ2n) is 8.52. The molecule has 0 atom stereocenters. The molecule has 0 radical (unpaired) electrons. The number of benzene rings is 1. The normalized spacial score (nSPS) is 17.9. The van der Waals surface area contributed by atoms with Crippen molar-refractivity contribution in [2.45, 2.75) is 0 Å². The minimum atomic E-state index is -3.46. The van der Waals surface area contributed by atoms with E-state index >= 15 is 0 Å². The Bertz CT molecular complexity index is 1140. The number of methoxy groups -OCH3 is 1. The Hall–Kier alpha value is -2.93. The largest absolute Gasteiger partial charge is 0.497 e. The zero-order chi connectivity index (χ0) is 25.0. The van der Waals surface area contributed by atoms with E-state index in [4.69, 9.17) is 25.2 Å². The Morgan fingerprint density at radius 1 is 0.943 bits per heavy atom. The molecule has 4 rings (SSSR count). The van der Waals surface area contributed by atoms with Crippen LogP contribution in [0.5, 0.6) is 5.75 Å². The average Bonchev–Trinajstić information content (AvgIpc) is 2.89. The number of anilines is 3. The van der Waals surface area contributed by atoms with Crippen LogP contribution < -0.4 is 20.3 Å². The van der Waals surface area contributed by atoms with Gasteiger partial charge >= 0.3 is 0 Å². The Balaban J connectivity index is 1.62. The lowest BCUT2D eigenvalue weighted by atomic mass is 10.2. The molecule has 3 heterocycles. The van der Waals surface area contributed by atoms with Gasteiger partial charge in [0.1, 0.15) is 11.4 Å². The van der Waals surface area contributed by atoms with Crippen LogP contribution in [0.4, 0.5) is 17.3 Å². The average molecular weight is 504 g/mol. The summed E-state index contributed by atoms with van der Waals surface area (Å²) in [5.74, 6) is 2.63. The van der Waals surface area contributed by atoms with E-state index in [-0.39, 0.29) is 0 Å². The first-order valence-electron chi connectivity index (χ1n) is 11.5. The van der Waals surface area contributed by atoms with E-state index in [1.165, 1.54) is 8.61 Å². The molecule has 11 nitrogen and oxygen atoms in total. The van der Waals surface area contributed by atoms with Gasteiger partial charge in [0.05, 0.1) is 20.3 Å². The van der Waals surface area contributed by atoms with Gasteiger partial charge in [-0.3, -0.25) is 0 Å². The molecule has 2 aliphatic rings. The third kappa shape index (κ3) is 5.67. The van der Waals surface area contributed by atoms with Gasteiger partial charge in [0.15, 0.2) is 17.5 Å². The van der Waals surface area contributed by atoms with E-state index < -0.39 is 10.2 Å². The number of morpholine rings is 1. The minimum absolute atomic E-state index is 0.355. The summed E-state index contributed by atoms with van der Waals surface area (Å²) in [6.07, 6.45) is 3.81. The zero-order valence-corrected chi connectivity index (χ0v) is 21.2. The third-order valence-electron chi connectivity index (χ3n) is 6.10. The summed E-state index contributed by atoms with van der Waals surface area (Å²) >= 11 is 0. The van der Waals surface area contributed by atoms with E-state index in [0.29, 0.717) is 75.6 Å². The summed E-state index contributed by atoms with van der Waals surface area (Å²) in [5.41, 5.74) is 8.08. The van der Waals surface area contributed by atoms with Gasteiger partial charge in [-0.05, 0) is 23.8 Å². The maximum Gasteiger partial charge on any atom is 0.281 e. The van der Waals surface area contributed by atoms with Gasteiger partial charge in [-0.25, -0.2) is 9.97 Å². The van der Waals surface area contributed by atoms with Crippen LogP contribution in [0.3, 0.4) is 0 Å². The molecule has 1 aromatic carbocycles. The van der Waals surface area contributed by atoms with E-state index in [0.717, 1.165) is 11.3 Å². The van der Waals surface area contributed by atoms with Crippen molar-refractivity contribution in [3.8, 4) is 5.75 Å². The van der Waals surface area contributed by atoms with Crippen molar-refractivity contribution in [3.63, 3.8) is 0 Å². The fraction of sp³-hybridized carbons (Fsp3) is 0.478. The molecular formula is C23H33N7O4S. The zero-order valence-electron chi connectivity index (χ0n) is 20.4. The fourth-order valence-corrected chi connectivity index (χ4v) is 5.13. The van der Waals surface area contributed by atoms with Crippen LogP contribution in [0.1, 0.15) is 11.4 Å². The number of nitrogens with two attached hydrogens (primary N) is 1. The molecule has 0 spiro atoms. The molecule has 0 amide bonds. The van der Waals surface area contributed by atoms with Crippen molar-refractivity contribution in [1.82, 2.24) is 18.6 Å². The Morgan fingerprint density at radius 3 is 2.06 bits per heavy atom. The second kappa shape index (κ2) is 10.8. The molecule has 2 aromatic rings. The lowest BCUT2D eigenvalue weighted by molar-refractivity contribution is 0.122. The van der Waals surface area contributed by atoms with Crippen molar-refractivity contribution in [2.24, 2.45) is 0 Å². The van der Waals surface area contributed by atoms with Gasteiger partial charge in [-0.2, -0.15) is 17.0 Å². The summed E-state index contributed by atoms with van der Waals surface area (Å²) in [5, 5.41) is 0. The van der Waals surface area contributed by atoms with E-state index in [1.807, 2.05) is 41.3 Å². The maximum absolute atomic E-state index is 12.5. The fourth-order valence-electron chi connectivity index (χ4n) is 4.04. The van der Waals surface area contributed by atoms with Crippen molar-refractivity contribution >= 4 is 39.7 Å². The molecule has 0 saturated carbocycles. The standard InChI is InChI=1S/C23H33N7O4S/c1-27(2)35(31,32)30-12-10-28(11-13-30)22-21(24)23(29-14-16-34-17-15-29)26-20(25-22)9-6-18-4-7-19(33-3)8-5-18/h4-9H,10-17,24H2,1-3H3/b9-6+. The predicted molar refractivity (Wildman–Crippen MR) is 138 cm³/mol. The van der Waals surface area contributed by atoms with Gasteiger partial charge < -0.3 is 25.0 Å². The number of rotatable bonds is 7. The highest BCUT2D eigenvalue weighted by Crippen LogP contribution is 2.32. The number of hydrogen-bond donors (Lipinski definition) is 1. The predicted octanol–water partition coefficient (Wildman–Crippen LogP) is 1.00. The molecule has 0 unspecified atom stereocenters. The van der Waals surface area contributed by atoms with Crippen LogP contribution in [0.2, 0.25) is 0 Å². The van der Waals surface area contributed by atoms with Crippen LogP contribution >= 0.6 is 0 Å². The Labute approximate surface area is 206 Å². The summed E-state index contributed by atoms with van der Waals surface area (Å²) in [7, 11) is 1.26. The first-order chi connectivity index (χ1) is 16.8. The topological polar surface area (TPSA) is 117 Å². The molecule has 2 fully saturated rings. The quantitative estimate of drug-likeness (QED) is 0.590. The van der Waals surface area contributed by atoms with Gasteiger partial charge in [0.2, 0.25) is 0 Å².